The van der Waals surface area contributed by atoms with Gasteiger partial charge >= 0.3 is 0 Å². The fourth-order valence-corrected chi connectivity index (χ4v) is 4.42. The molecule has 5 nitrogen and oxygen atoms in total. The molecular formula is C20H21N3O2S. The summed E-state index contributed by atoms with van der Waals surface area (Å²) in [6.45, 7) is 3.99. The molecule has 2 aliphatic rings. The first-order valence-corrected chi connectivity index (χ1v) is 9.66. The molecule has 134 valence electrons. The molecule has 0 radical (unpaired) electrons. The second-order valence-electron chi connectivity index (χ2n) is 6.95. The molecule has 2 aliphatic heterocycles. The van der Waals surface area contributed by atoms with Crippen LogP contribution in [0.2, 0.25) is 0 Å². The Bertz CT molecular complexity index is 902. The Hall–Kier alpha value is -2.44. The van der Waals surface area contributed by atoms with E-state index < -0.39 is 0 Å². The van der Waals surface area contributed by atoms with Crippen molar-refractivity contribution in [3.05, 3.63) is 52.2 Å². The van der Waals surface area contributed by atoms with Gasteiger partial charge in [0, 0.05) is 30.3 Å². The third-order valence-corrected chi connectivity index (χ3v) is 5.74. The van der Waals surface area contributed by atoms with E-state index >= 15 is 0 Å². The number of thiophene rings is 1. The number of nitrogens with zero attached hydrogens (tertiary/aromatic N) is 2. The number of anilines is 3. The third kappa shape index (κ3) is 2.95. The Morgan fingerprint density at radius 1 is 1.27 bits per heavy atom. The number of amides is 2. The highest BCUT2D eigenvalue weighted by molar-refractivity contribution is 7.08. The SMILES string of the molecule is CC1CN(C)CC=C1CC(=O)N1c2ccccc2NC(=O)c2cscc21. The van der Waals surface area contributed by atoms with E-state index in [0.717, 1.165) is 18.8 Å². The van der Waals surface area contributed by atoms with Gasteiger partial charge in [-0.05, 0) is 25.1 Å². The lowest BCUT2D eigenvalue weighted by atomic mass is 9.93. The van der Waals surface area contributed by atoms with E-state index in [9.17, 15) is 9.59 Å². The van der Waals surface area contributed by atoms with Crippen molar-refractivity contribution in [3.8, 4) is 0 Å². The van der Waals surface area contributed by atoms with Crippen molar-refractivity contribution >= 4 is 40.2 Å². The van der Waals surface area contributed by atoms with E-state index in [4.69, 9.17) is 0 Å². The normalized spacial score (nSPS) is 19.9. The molecular weight excluding hydrogens is 346 g/mol. The number of benzene rings is 1. The smallest absolute Gasteiger partial charge is 0.258 e. The predicted octanol–water partition coefficient (Wildman–Crippen LogP) is 3.88. The van der Waals surface area contributed by atoms with Gasteiger partial charge in [-0.3, -0.25) is 14.5 Å². The van der Waals surface area contributed by atoms with Crippen molar-refractivity contribution in [2.24, 2.45) is 5.92 Å². The van der Waals surface area contributed by atoms with Crippen LogP contribution in [0.4, 0.5) is 17.1 Å². The van der Waals surface area contributed by atoms with Crippen LogP contribution in [0.1, 0.15) is 23.7 Å². The highest BCUT2D eigenvalue weighted by atomic mass is 32.1. The maximum Gasteiger partial charge on any atom is 0.258 e. The topological polar surface area (TPSA) is 52.7 Å². The maximum absolute atomic E-state index is 13.3. The Kier molecular flexibility index (Phi) is 4.38. The minimum atomic E-state index is -0.170. The number of carbonyl (C=O) groups is 2. The summed E-state index contributed by atoms with van der Waals surface area (Å²) in [6, 6.07) is 7.47. The lowest BCUT2D eigenvalue weighted by Crippen LogP contribution is -2.33. The molecule has 1 aromatic heterocycles. The summed E-state index contributed by atoms with van der Waals surface area (Å²) in [5.74, 6) is 0.175. The van der Waals surface area contributed by atoms with E-state index in [-0.39, 0.29) is 11.8 Å². The quantitative estimate of drug-likeness (QED) is 0.820. The molecule has 0 bridgehead atoms. The van der Waals surface area contributed by atoms with Gasteiger partial charge in [-0.25, -0.2) is 0 Å². The fourth-order valence-electron chi connectivity index (χ4n) is 3.63. The van der Waals surface area contributed by atoms with E-state index in [1.54, 1.807) is 10.3 Å². The highest BCUT2D eigenvalue weighted by Crippen LogP contribution is 2.40. The highest BCUT2D eigenvalue weighted by Gasteiger charge is 2.31. The van der Waals surface area contributed by atoms with Crippen LogP contribution in [0.5, 0.6) is 0 Å². The minimum absolute atomic E-state index is 0.00347. The van der Waals surface area contributed by atoms with E-state index in [2.05, 4.69) is 30.3 Å². The summed E-state index contributed by atoms with van der Waals surface area (Å²) >= 11 is 1.44. The summed E-state index contributed by atoms with van der Waals surface area (Å²) in [6.07, 6.45) is 2.53. The van der Waals surface area contributed by atoms with E-state index in [1.165, 1.54) is 16.9 Å². The molecule has 3 heterocycles. The van der Waals surface area contributed by atoms with Crippen molar-refractivity contribution in [2.75, 3.05) is 30.4 Å². The van der Waals surface area contributed by atoms with Crippen molar-refractivity contribution in [2.45, 2.75) is 13.3 Å². The number of likely N-dealkylation sites (N-methyl/N-ethyl adjacent to an activating group) is 1. The van der Waals surface area contributed by atoms with Crippen molar-refractivity contribution in [1.29, 1.82) is 0 Å². The number of hydrogen-bond donors (Lipinski definition) is 1. The van der Waals surface area contributed by atoms with Crippen molar-refractivity contribution in [1.82, 2.24) is 4.90 Å². The van der Waals surface area contributed by atoms with Gasteiger partial charge in [-0.1, -0.05) is 30.7 Å². The minimum Gasteiger partial charge on any atom is -0.320 e. The molecule has 0 spiro atoms. The van der Waals surface area contributed by atoms with Gasteiger partial charge < -0.3 is 10.2 Å². The average Bonchev–Trinajstić information content (AvgIpc) is 3.04. The number of fused-ring (bicyclic) bond motifs is 2. The van der Waals surface area contributed by atoms with Crippen LogP contribution in [0.15, 0.2) is 46.7 Å². The molecule has 0 saturated heterocycles. The molecule has 0 aliphatic carbocycles. The summed E-state index contributed by atoms with van der Waals surface area (Å²) in [7, 11) is 2.09. The van der Waals surface area contributed by atoms with Crippen molar-refractivity contribution < 1.29 is 9.59 Å². The van der Waals surface area contributed by atoms with Gasteiger partial charge in [0.25, 0.3) is 5.91 Å². The predicted molar refractivity (Wildman–Crippen MR) is 105 cm³/mol. The summed E-state index contributed by atoms with van der Waals surface area (Å²) < 4.78 is 0. The number of carbonyl (C=O) groups excluding carboxylic acids is 2. The first-order chi connectivity index (χ1) is 12.5. The summed E-state index contributed by atoms with van der Waals surface area (Å²) in [5, 5.41) is 6.60. The zero-order valence-corrected chi connectivity index (χ0v) is 15.7. The second kappa shape index (κ2) is 6.70. The number of rotatable bonds is 2. The van der Waals surface area contributed by atoms with Gasteiger partial charge in [-0.2, -0.15) is 0 Å². The monoisotopic (exact) mass is 367 g/mol. The van der Waals surface area contributed by atoms with E-state index in [1.807, 2.05) is 29.6 Å². The first kappa shape index (κ1) is 17.0. The molecule has 1 N–H and O–H groups in total. The Labute approximate surface area is 156 Å². The lowest BCUT2D eigenvalue weighted by molar-refractivity contribution is -0.117. The first-order valence-electron chi connectivity index (χ1n) is 8.71. The number of para-hydroxylation sites is 2. The van der Waals surface area contributed by atoms with Crippen LogP contribution in [0.25, 0.3) is 0 Å². The Morgan fingerprint density at radius 3 is 2.88 bits per heavy atom. The third-order valence-electron chi connectivity index (χ3n) is 5.01. The van der Waals surface area contributed by atoms with Gasteiger partial charge in [0.2, 0.25) is 5.91 Å². The largest absolute Gasteiger partial charge is 0.320 e. The zero-order chi connectivity index (χ0) is 18.3. The van der Waals surface area contributed by atoms with Crippen LogP contribution in [-0.4, -0.2) is 36.9 Å². The molecule has 0 saturated carbocycles. The summed E-state index contributed by atoms with van der Waals surface area (Å²) in [4.78, 5) is 29.8. The molecule has 0 fully saturated rings. The number of nitrogens with one attached hydrogen (secondary N) is 1. The molecule has 4 rings (SSSR count). The van der Waals surface area contributed by atoms with Gasteiger partial charge in [-0.15, -0.1) is 11.3 Å². The van der Waals surface area contributed by atoms with Crippen molar-refractivity contribution in [3.63, 3.8) is 0 Å². The molecule has 1 aromatic carbocycles. The summed E-state index contributed by atoms with van der Waals surface area (Å²) in [5.41, 5.74) is 3.78. The van der Waals surface area contributed by atoms with Gasteiger partial charge in [0.05, 0.1) is 22.6 Å². The van der Waals surface area contributed by atoms with Crippen LogP contribution >= 0.6 is 11.3 Å². The molecule has 6 heteroatoms. The van der Waals surface area contributed by atoms with Crippen LogP contribution in [0, 0.1) is 5.92 Å². The maximum atomic E-state index is 13.3. The second-order valence-corrected chi connectivity index (χ2v) is 7.69. The Morgan fingerprint density at radius 2 is 2.08 bits per heavy atom. The lowest BCUT2D eigenvalue weighted by Gasteiger charge is -2.29. The molecule has 2 amide bonds. The zero-order valence-electron chi connectivity index (χ0n) is 14.9. The molecule has 26 heavy (non-hydrogen) atoms. The standard InChI is InChI=1S/C20H21N3O2S/c1-13-10-22(2)8-7-14(13)9-19(24)23-17-6-4-3-5-16(17)21-20(25)15-11-26-12-18(15)23/h3-7,11-13H,8-10H2,1-2H3,(H,21,25). The van der Waals surface area contributed by atoms with Gasteiger partial charge in [0.1, 0.15) is 0 Å². The Balaban J connectivity index is 1.73. The molecule has 1 unspecified atom stereocenters. The van der Waals surface area contributed by atoms with Crippen LogP contribution in [-0.2, 0) is 4.79 Å². The molecule has 2 aromatic rings. The van der Waals surface area contributed by atoms with Crippen LogP contribution < -0.4 is 10.2 Å². The number of hydrogen-bond acceptors (Lipinski definition) is 4. The fraction of sp³-hybridized carbons (Fsp3) is 0.300. The van der Waals surface area contributed by atoms with Crippen LogP contribution in [0.3, 0.4) is 0 Å². The average molecular weight is 367 g/mol. The van der Waals surface area contributed by atoms with Gasteiger partial charge in [0.15, 0.2) is 0 Å². The van der Waals surface area contributed by atoms with E-state index in [0.29, 0.717) is 29.3 Å². The molecule has 1 atom stereocenters.